The first-order valence-corrected chi connectivity index (χ1v) is 7.25. The molecule has 8 heteroatoms. The normalized spacial score (nSPS) is 17.7. The van der Waals surface area contributed by atoms with Gasteiger partial charge in [-0.15, -0.1) is 0 Å². The zero-order chi connectivity index (χ0) is 16.5. The molecule has 1 fully saturated rings. The number of urea groups is 1. The van der Waals surface area contributed by atoms with Crippen LogP contribution in [0, 0.1) is 10.1 Å². The molecule has 1 aromatic rings. The van der Waals surface area contributed by atoms with Gasteiger partial charge in [0.1, 0.15) is 0 Å². The number of hydrogen-bond acceptors (Lipinski definition) is 5. The summed E-state index contributed by atoms with van der Waals surface area (Å²) in [4.78, 5) is 21.9. The molecule has 1 saturated heterocycles. The van der Waals surface area contributed by atoms with Crippen LogP contribution in [0.15, 0.2) is 35.4 Å². The Balaban J connectivity index is 1.75. The van der Waals surface area contributed by atoms with Crippen molar-refractivity contribution in [2.75, 3.05) is 13.2 Å². The summed E-state index contributed by atoms with van der Waals surface area (Å²) in [5.74, 6) is 0. The number of nitrogens with zero attached hydrogens (tertiary/aromatic N) is 2. The van der Waals surface area contributed by atoms with Crippen LogP contribution in [-0.2, 0) is 4.74 Å². The van der Waals surface area contributed by atoms with Gasteiger partial charge in [0, 0.05) is 25.4 Å². The average molecular weight is 318 g/mol. The van der Waals surface area contributed by atoms with Crippen molar-refractivity contribution in [3.8, 4) is 0 Å². The third kappa shape index (κ3) is 5.51. The van der Waals surface area contributed by atoms with Crippen LogP contribution in [0.4, 0.5) is 10.5 Å². The number of hydrazone groups is 1. The van der Waals surface area contributed by atoms with Crippen LogP contribution in [0.5, 0.6) is 0 Å². The Morgan fingerprint density at radius 1 is 1.48 bits per heavy atom. The van der Waals surface area contributed by atoms with Crippen molar-refractivity contribution in [1.29, 1.82) is 0 Å². The number of nitrogens with one attached hydrogen (secondary N) is 2. The molecule has 1 aromatic carbocycles. The number of carbonyl (C=O) groups is 1. The SMILES string of the molecule is O=C(NC[C@H]1CCCO1)NN=C/C=C/c1ccccc1[N+](=O)[O-]. The van der Waals surface area contributed by atoms with Gasteiger partial charge >= 0.3 is 6.03 Å². The van der Waals surface area contributed by atoms with Crippen molar-refractivity contribution in [3.05, 3.63) is 46.0 Å². The van der Waals surface area contributed by atoms with Crippen LogP contribution in [0.1, 0.15) is 18.4 Å². The zero-order valence-electron chi connectivity index (χ0n) is 12.5. The highest BCUT2D eigenvalue weighted by Gasteiger charge is 2.15. The van der Waals surface area contributed by atoms with E-state index in [0.717, 1.165) is 19.4 Å². The Bertz CT molecular complexity index is 609. The van der Waals surface area contributed by atoms with E-state index >= 15 is 0 Å². The topological polar surface area (TPSA) is 106 Å². The van der Waals surface area contributed by atoms with E-state index in [1.165, 1.54) is 18.4 Å². The molecule has 1 aliphatic heterocycles. The lowest BCUT2D eigenvalue weighted by molar-refractivity contribution is -0.385. The number of carbonyl (C=O) groups excluding carboxylic acids is 1. The number of allylic oxidation sites excluding steroid dienone is 1. The molecule has 1 atom stereocenters. The molecule has 0 aromatic heterocycles. The molecule has 2 amide bonds. The summed E-state index contributed by atoms with van der Waals surface area (Å²) in [6, 6.07) is 5.94. The van der Waals surface area contributed by atoms with Crippen molar-refractivity contribution in [3.63, 3.8) is 0 Å². The molecular weight excluding hydrogens is 300 g/mol. The first-order valence-electron chi connectivity index (χ1n) is 7.25. The number of amides is 2. The van der Waals surface area contributed by atoms with E-state index in [-0.39, 0.29) is 11.8 Å². The molecule has 1 aliphatic rings. The summed E-state index contributed by atoms with van der Waals surface area (Å²) in [6.45, 7) is 1.19. The van der Waals surface area contributed by atoms with Gasteiger partial charge in [-0.2, -0.15) is 5.10 Å². The molecule has 2 rings (SSSR count). The fourth-order valence-corrected chi connectivity index (χ4v) is 2.13. The summed E-state index contributed by atoms with van der Waals surface area (Å²) < 4.78 is 5.38. The van der Waals surface area contributed by atoms with Gasteiger partial charge in [0.2, 0.25) is 0 Å². The van der Waals surface area contributed by atoms with Gasteiger partial charge in [0.25, 0.3) is 5.69 Å². The lowest BCUT2D eigenvalue weighted by Gasteiger charge is -2.09. The van der Waals surface area contributed by atoms with Gasteiger partial charge in [0.15, 0.2) is 0 Å². The van der Waals surface area contributed by atoms with Crippen molar-refractivity contribution in [2.45, 2.75) is 18.9 Å². The predicted molar refractivity (Wildman–Crippen MR) is 86.1 cm³/mol. The molecule has 23 heavy (non-hydrogen) atoms. The van der Waals surface area contributed by atoms with Crippen LogP contribution in [0.3, 0.4) is 0 Å². The molecule has 2 N–H and O–H groups in total. The smallest absolute Gasteiger partial charge is 0.335 e. The molecule has 0 radical (unpaired) electrons. The molecule has 0 unspecified atom stereocenters. The van der Waals surface area contributed by atoms with Gasteiger partial charge in [-0.05, 0) is 31.1 Å². The number of benzene rings is 1. The van der Waals surface area contributed by atoms with Crippen molar-refractivity contribution in [2.24, 2.45) is 5.10 Å². The van der Waals surface area contributed by atoms with E-state index in [4.69, 9.17) is 4.74 Å². The summed E-state index contributed by atoms with van der Waals surface area (Å²) in [5, 5.41) is 17.2. The second-order valence-corrected chi connectivity index (χ2v) is 4.91. The minimum atomic E-state index is -0.451. The molecule has 122 valence electrons. The lowest BCUT2D eigenvalue weighted by Crippen LogP contribution is -2.37. The minimum Gasteiger partial charge on any atom is -0.376 e. The number of para-hydroxylation sites is 1. The molecule has 0 aliphatic carbocycles. The monoisotopic (exact) mass is 318 g/mol. The van der Waals surface area contributed by atoms with Gasteiger partial charge in [-0.3, -0.25) is 10.1 Å². The first kappa shape index (κ1) is 16.6. The molecule has 0 spiro atoms. The number of ether oxygens (including phenoxy) is 1. The van der Waals surface area contributed by atoms with Crippen molar-refractivity contribution in [1.82, 2.24) is 10.7 Å². The van der Waals surface area contributed by atoms with E-state index in [9.17, 15) is 14.9 Å². The highest BCUT2D eigenvalue weighted by Crippen LogP contribution is 2.18. The number of nitro benzene ring substituents is 1. The molecule has 8 nitrogen and oxygen atoms in total. The van der Waals surface area contributed by atoms with E-state index in [1.54, 1.807) is 24.3 Å². The second-order valence-electron chi connectivity index (χ2n) is 4.91. The third-order valence-electron chi connectivity index (χ3n) is 3.25. The Kier molecular flexibility index (Phi) is 6.25. The maximum absolute atomic E-state index is 11.5. The first-order chi connectivity index (χ1) is 11.2. The quantitative estimate of drug-likeness (QED) is 0.476. The van der Waals surface area contributed by atoms with Crippen LogP contribution >= 0.6 is 0 Å². The van der Waals surface area contributed by atoms with Gasteiger partial charge in [-0.1, -0.05) is 12.1 Å². The van der Waals surface area contributed by atoms with Gasteiger partial charge < -0.3 is 10.1 Å². The number of rotatable bonds is 6. The minimum absolute atomic E-state index is 0.0133. The largest absolute Gasteiger partial charge is 0.376 e. The molecule has 0 bridgehead atoms. The predicted octanol–water partition coefficient (Wildman–Crippen LogP) is 2.07. The van der Waals surface area contributed by atoms with E-state index < -0.39 is 11.0 Å². The lowest BCUT2D eigenvalue weighted by atomic mass is 10.2. The fourth-order valence-electron chi connectivity index (χ4n) is 2.13. The van der Waals surface area contributed by atoms with Gasteiger partial charge in [0.05, 0.1) is 16.6 Å². The molecule has 1 heterocycles. The maximum atomic E-state index is 11.5. The summed E-state index contributed by atoms with van der Waals surface area (Å²) >= 11 is 0. The molecule has 0 saturated carbocycles. The van der Waals surface area contributed by atoms with Gasteiger partial charge in [-0.25, -0.2) is 10.2 Å². The standard InChI is InChI=1S/C15H18N4O4/c20-15(16-11-13-7-4-10-23-13)18-17-9-3-6-12-5-1-2-8-14(12)19(21)22/h1-3,5-6,8-9,13H,4,7,10-11H2,(H2,16,18,20)/b6-3+,17-9?/t13-/m1/s1. The Morgan fingerprint density at radius 2 is 2.30 bits per heavy atom. The highest BCUT2D eigenvalue weighted by atomic mass is 16.6. The molecular formula is C15H18N4O4. The Hall–Kier alpha value is -2.74. The zero-order valence-corrected chi connectivity index (χ0v) is 12.5. The average Bonchev–Trinajstić information content (AvgIpc) is 3.06. The fraction of sp³-hybridized carbons (Fsp3) is 0.333. The Labute approximate surface area is 133 Å². The van der Waals surface area contributed by atoms with Crippen LogP contribution in [0.25, 0.3) is 6.08 Å². The maximum Gasteiger partial charge on any atom is 0.335 e. The number of hydrogen-bond donors (Lipinski definition) is 2. The van der Waals surface area contributed by atoms with E-state index in [2.05, 4.69) is 15.8 Å². The number of nitro groups is 1. The van der Waals surface area contributed by atoms with E-state index in [1.807, 2.05) is 0 Å². The van der Waals surface area contributed by atoms with Crippen LogP contribution in [0.2, 0.25) is 0 Å². The summed E-state index contributed by atoms with van der Waals surface area (Å²) in [7, 11) is 0. The van der Waals surface area contributed by atoms with Crippen LogP contribution in [-0.4, -0.2) is 36.4 Å². The Morgan fingerprint density at radius 3 is 3.04 bits per heavy atom. The van der Waals surface area contributed by atoms with Crippen LogP contribution < -0.4 is 10.7 Å². The van der Waals surface area contributed by atoms with Crippen molar-refractivity contribution >= 4 is 24.0 Å². The van der Waals surface area contributed by atoms with E-state index in [0.29, 0.717) is 12.1 Å². The second kappa shape index (κ2) is 8.64. The summed E-state index contributed by atoms with van der Waals surface area (Å²) in [6.07, 6.45) is 6.45. The third-order valence-corrected chi connectivity index (χ3v) is 3.25. The highest BCUT2D eigenvalue weighted by molar-refractivity contribution is 5.81. The van der Waals surface area contributed by atoms with Crippen molar-refractivity contribution < 1.29 is 14.5 Å². The summed E-state index contributed by atoms with van der Waals surface area (Å²) in [5.41, 5.74) is 2.79.